The number of sulfonamides is 1. The van der Waals surface area contributed by atoms with Gasteiger partial charge in [-0.05, 0) is 38.0 Å². The van der Waals surface area contributed by atoms with Crippen molar-refractivity contribution in [3.05, 3.63) is 35.9 Å². The Labute approximate surface area is 145 Å². The van der Waals surface area contributed by atoms with E-state index in [1.165, 1.54) is 16.4 Å². The molecule has 1 aliphatic heterocycles. The van der Waals surface area contributed by atoms with Crippen molar-refractivity contribution in [2.75, 3.05) is 19.7 Å². The van der Waals surface area contributed by atoms with Gasteiger partial charge in [0.2, 0.25) is 10.0 Å². The van der Waals surface area contributed by atoms with Crippen molar-refractivity contribution in [3.63, 3.8) is 0 Å². The van der Waals surface area contributed by atoms with Crippen molar-refractivity contribution in [2.45, 2.75) is 36.6 Å². The van der Waals surface area contributed by atoms with Gasteiger partial charge in [-0.15, -0.1) is 5.10 Å². The molecule has 0 bridgehead atoms. The smallest absolute Gasteiger partial charge is 0.243 e. The highest BCUT2D eigenvalue weighted by atomic mass is 32.2. The fraction of sp³-hybridized carbons (Fsp3) is 0.500. The van der Waals surface area contributed by atoms with Crippen LogP contribution in [0.4, 0.5) is 4.39 Å². The number of rotatable bonds is 6. The van der Waals surface area contributed by atoms with Gasteiger partial charge in [0, 0.05) is 25.2 Å². The van der Waals surface area contributed by atoms with Crippen LogP contribution in [-0.4, -0.2) is 47.4 Å². The SMILES string of the molecule is CCOc1ccc(S(=O)(=O)N2CC(n3cc(C4CC4)nn3)C2)cc1F. The van der Waals surface area contributed by atoms with Crippen LogP contribution in [0.2, 0.25) is 0 Å². The van der Waals surface area contributed by atoms with Crippen molar-refractivity contribution < 1.29 is 17.5 Å². The average Bonchev–Trinajstić information content (AvgIpc) is 3.27. The third-order valence-electron chi connectivity index (χ3n) is 4.57. The summed E-state index contributed by atoms with van der Waals surface area (Å²) in [6.07, 6.45) is 4.20. The molecule has 134 valence electrons. The maximum Gasteiger partial charge on any atom is 0.243 e. The molecule has 0 spiro atoms. The number of hydrogen-bond donors (Lipinski definition) is 0. The number of nitrogens with zero attached hydrogens (tertiary/aromatic N) is 4. The summed E-state index contributed by atoms with van der Waals surface area (Å²) in [5.74, 6) is -0.107. The molecule has 2 aliphatic rings. The van der Waals surface area contributed by atoms with E-state index in [0.717, 1.165) is 24.6 Å². The first-order valence-electron chi connectivity index (χ1n) is 8.33. The first-order chi connectivity index (χ1) is 12.0. The summed E-state index contributed by atoms with van der Waals surface area (Å²) in [6, 6.07) is 3.70. The van der Waals surface area contributed by atoms with E-state index < -0.39 is 15.8 Å². The van der Waals surface area contributed by atoms with Gasteiger partial charge in [-0.25, -0.2) is 17.5 Å². The molecule has 1 saturated heterocycles. The van der Waals surface area contributed by atoms with Gasteiger partial charge >= 0.3 is 0 Å². The average molecular weight is 366 g/mol. The highest BCUT2D eigenvalue weighted by Gasteiger charge is 2.39. The van der Waals surface area contributed by atoms with Crippen LogP contribution in [0.25, 0.3) is 0 Å². The molecule has 25 heavy (non-hydrogen) atoms. The van der Waals surface area contributed by atoms with Gasteiger partial charge in [-0.2, -0.15) is 4.31 Å². The van der Waals surface area contributed by atoms with Crippen LogP contribution in [0.3, 0.4) is 0 Å². The topological polar surface area (TPSA) is 77.3 Å². The van der Waals surface area contributed by atoms with Crippen LogP contribution >= 0.6 is 0 Å². The van der Waals surface area contributed by atoms with E-state index >= 15 is 0 Å². The number of benzene rings is 1. The lowest BCUT2D eigenvalue weighted by atomic mass is 10.2. The van der Waals surface area contributed by atoms with Gasteiger partial charge in [0.1, 0.15) is 0 Å². The molecule has 0 unspecified atom stereocenters. The fourth-order valence-electron chi connectivity index (χ4n) is 2.88. The molecule has 2 heterocycles. The summed E-state index contributed by atoms with van der Waals surface area (Å²) < 4.78 is 47.3. The zero-order valence-corrected chi connectivity index (χ0v) is 14.6. The largest absolute Gasteiger partial charge is 0.491 e. The Morgan fingerprint density at radius 1 is 1.32 bits per heavy atom. The van der Waals surface area contributed by atoms with E-state index in [1.54, 1.807) is 11.6 Å². The minimum atomic E-state index is -3.72. The second-order valence-corrected chi connectivity index (χ2v) is 8.34. The lowest BCUT2D eigenvalue weighted by Gasteiger charge is -2.37. The zero-order valence-electron chi connectivity index (χ0n) is 13.8. The molecule has 2 fully saturated rings. The Morgan fingerprint density at radius 2 is 2.08 bits per heavy atom. The van der Waals surface area contributed by atoms with E-state index in [0.29, 0.717) is 25.6 Å². The molecule has 7 nitrogen and oxygen atoms in total. The number of ether oxygens (including phenoxy) is 1. The Kier molecular flexibility index (Phi) is 3.99. The Hall–Kier alpha value is -2.00. The van der Waals surface area contributed by atoms with E-state index in [1.807, 2.05) is 6.20 Å². The molecule has 1 aromatic heterocycles. The molecule has 9 heteroatoms. The quantitative estimate of drug-likeness (QED) is 0.781. The molecule has 0 atom stereocenters. The predicted octanol–water partition coefficient (Wildman–Crippen LogP) is 1.94. The third kappa shape index (κ3) is 3.02. The van der Waals surface area contributed by atoms with Crippen LogP contribution in [0.5, 0.6) is 5.75 Å². The van der Waals surface area contributed by atoms with Crippen molar-refractivity contribution in [1.82, 2.24) is 19.3 Å². The van der Waals surface area contributed by atoms with Gasteiger partial charge < -0.3 is 4.74 Å². The maximum absolute atomic E-state index is 13.9. The van der Waals surface area contributed by atoms with Crippen molar-refractivity contribution in [2.24, 2.45) is 0 Å². The van der Waals surface area contributed by atoms with Crippen LogP contribution < -0.4 is 4.74 Å². The highest BCUT2D eigenvalue weighted by Crippen LogP contribution is 2.39. The molecule has 2 aromatic rings. The summed E-state index contributed by atoms with van der Waals surface area (Å²) in [6.45, 7) is 2.68. The van der Waals surface area contributed by atoms with Gasteiger partial charge in [-0.1, -0.05) is 5.21 Å². The van der Waals surface area contributed by atoms with Gasteiger partial charge in [0.05, 0.1) is 23.2 Å². The summed E-state index contributed by atoms with van der Waals surface area (Å²) in [7, 11) is -3.72. The van der Waals surface area contributed by atoms with Crippen molar-refractivity contribution in [3.8, 4) is 5.75 Å². The maximum atomic E-state index is 13.9. The molecule has 0 amide bonds. The molecular weight excluding hydrogens is 347 g/mol. The van der Waals surface area contributed by atoms with Gasteiger partial charge in [-0.3, -0.25) is 0 Å². The van der Waals surface area contributed by atoms with E-state index in [2.05, 4.69) is 10.3 Å². The Morgan fingerprint density at radius 3 is 2.72 bits per heavy atom. The second-order valence-electron chi connectivity index (χ2n) is 6.40. The van der Waals surface area contributed by atoms with Crippen molar-refractivity contribution >= 4 is 10.0 Å². The summed E-state index contributed by atoms with van der Waals surface area (Å²) in [5, 5.41) is 8.25. The molecule has 1 aliphatic carbocycles. The first-order valence-corrected chi connectivity index (χ1v) is 9.77. The van der Waals surface area contributed by atoms with Gasteiger partial charge in [0.15, 0.2) is 11.6 Å². The minimum Gasteiger partial charge on any atom is -0.491 e. The third-order valence-corrected chi connectivity index (χ3v) is 6.40. The summed E-state index contributed by atoms with van der Waals surface area (Å²) in [4.78, 5) is -0.0656. The van der Waals surface area contributed by atoms with Crippen molar-refractivity contribution in [1.29, 1.82) is 0 Å². The first kappa shape index (κ1) is 16.5. The van der Waals surface area contributed by atoms with Gasteiger partial charge in [0.25, 0.3) is 0 Å². The lowest BCUT2D eigenvalue weighted by Crippen LogP contribution is -2.50. The van der Waals surface area contributed by atoms with Crippen LogP contribution in [0.1, 0.15) is 37.4 Å². The number of halogens is 1. The molecule has 1 aromatic carbocycles. The molecule has 1 saturated carbocycles. The predicted molar refractivity (Wildman–Crippen MR) is 87.4 cm³/mol. The summed E-state index contributed by atoms with van der Waals surface area (Å²) in [5.41, 5.74) is 0.981. The lowest BCUT2D eigenvalue weighted by molar-refractivity contribution is 0.188. The molecule has 0 N–H and O–H groups in total. The van der Waals surface area contributed by atoms with E-state index in [-0.39, 0.29) is 16.7 Å². The van der Waals surface area contributed by atoms with Crippen LogP contribution in [-0.2, 0) is 10.0 Å². The molecule has 4 rings (SSSR count). The fourth-order valence-corrected chi connectivity index (χ4v) is 4.41. The monoisotopic (exact) mass is 366 g/mol. The standard InChI is InChI=1S/C16H19FN4O3S/c1-2-24-16-6-5-13(7-14(16)17)25(22,23)20-8-12(9-20)21-10-15(18-19-21)11-3-4-11/h5-7,10-12H,2-4,8-9H2,1H3. The minimum absolute atomic E-state index is 0.0256. The summed E-state index contributed by atoms with van der Waals surface area (Å²) >= 11 is 0. The normalized spacial score (nSPS) is 19.0. The Bertz CT molecular complexity index is 889. The Balaban J connectivity index is 1.45. The molecular formula is C16H19FN4O3S. The number of aromatic nitrogens is 3. The zero-order chi connectivity index (χ0) is 17.6. The van der Waals surface area contributed by atoms with E-state index in [4.69, 9.17) is 4.74 Å². The number of hydrogen-bond acceptors (Lipinski definition) is 5. The molecule has 0 radical (unpaired) electrons. The van der Waals surface area contributed by atoms with Crippen LogP contribution in [0, 0.1) is 5.82 Å². The van der Waals surface area contributed by atoms with Crippen LogP contribution in [0.15, 0.2) is 29.3 Å². The van der Waals surface area contributed by atoms with E-state index in [9.17, 15) is 12.8 Å². The second kappa shape index (κ2) is 6.06. The highest BCUT2D eigenvalue weighted by molar-refractivity contribution is 7.89.